The Morgan fingerprint density at radius 1 is 1.50 bits per heavy atom. The van der Waals surface area contributed by atoms with E-state index in [2.05, 4.69) is 20.9 Å². The summed E-state index contributed by atoms with van der Waals surface area (Å²) in [5, 5.41) is 0. The SMILES string of the molecule is O=C1CC(Br)CN1c1c[nH]ccc1=O. The van der Waals surface area contributed by atoms with E-state index in [9.17, 15) is 9.59 Å². The number of aromatic amines is 1. The summed E-state index contributed by atoms with van der Waals surface area (Å²) in [7, 11) is 0. The van der Waals surface area contributed by atoms with E-state index in [4.69, 9.17) is 0 Å². The summed E-state index contributed by atoms with van der Waals surface area (Å²) < 4.78 is 0. The van der Waals surface area contributed by atoms with Crippen molar-refractivity contribution in [2.45, 2.75) is 11.2 Å². The number of carbonyl (C=O) groups excluding carboxylic acids is 1. The number of hydrogen-bond donors (Lipinski definition) is 1. The van der Waals surface area contributed by atoms with Crippen molar-refractivity contribution in [2.75, 3.05) is 11.4 Å². The molecule has 1 atom stereocenters. The van der Waals surface area contributed by atoms with Crippen LogP contribution in [0.1, 0.15) is 6.42 Å². The highest BCUT2D eigenvalue weighted by Crippen LogP contribution is 2.21. The van der Waals surface area contributed by atoms with E-state index in [1.54, 1.807) is 12.4 Å². The zero-order chi connectivity index (χ0) is 10.1. The van der Waals surface area contributed by atoms with Crippen molar-refractivity contribution < 1.29 is 4.79 Å². The predicted octanol–water partition coefficient (Wildman–Crippen LogP) is 0.875. The third-order valence-corrected chi connectivity index (χ3v) is 2.79. The highest BCUT2D eigenvalue weighted by atomic mass is 79.9. The fraction of sp³-hybridized carbons (Fsp3) is 0.333. The standard InChI is InChI=1S/C9H9BrN2O2/c10-6-3-9(14)12(5-6)7-4-11-2-1-8(7)13/h1-2,4,6H,3,5H2,(H,11,13). The van der Waals surface area contributed by atoms with Crippen LogP contribution in [0.2, 0.25) is 0 Å². The Morgan fingerprint density at radius 2 is 2.29 bits per heavy atom. The van der Waals surface area contributed by atoms with Crippen LogP contribution in [-0.2, 0) is 4.79 Å². The monoisotopic (exact) mass is 256 g/mol. The number of nitrogens with zero attached hydrogens (tertiary/aromatic N) is 1. The molecule has 0 spiro atoms. The van der Waals surface area contributed by atoms with Crippen molar-refractivity contribution in [1.29, 1.82) is 0 Å². The molecule has 1 N–H and O–H groups in total. The lowest BCUT2D eigenvalue weighted by Crippen LogP contribution is -2.29. The Morgan fingerprint density at radius 3 is 2.86 bits per heavy atom. The van der Waals surface area contributed by atoms with Crippen LogP contribution in [-0.4, -0.2) is 22.3 Å². The zero-order valence-corrected chi connectivity index (χ0v) is 8.95. The third kappa shape index (κ3) is 1.59. The molecule has 0 aliphatic carbocycles. The maximum Gasteiger partial charge on any atom is 0.228 e. The fourth-order valence-corrected chi connectivity index (χ4v) is 2.08. The maximum absolute atomic E-state index is 11.5. The van der Waals surface area contributed by atoms with Gasteiger partial charge in [-0.1, -0.05) is 15.9 Å². The number of pyridine rings is 1. The van der Waals surface area contributed by atoms with Crippen molar-refractivity contribution in [3.8, 4) is 0 Å². The number of nitrogens with one attached hydrogen (secondary N) is 1. The van der Waals surface area contributed by atoms with E-state index < -0.39 is 0 Å². The Labute approximate surface area is 89.1 Å². The Bertz CT molecular complexity index is 415. The smallest absolute Gasteiger partial charge is 0.228 e. The second kappa shape index (κ2) is 3.57. The third-order valence-electron chi connectivity index (χ3n) is 2.17. The van der Waals surface area contributed by atoms with Gasteiger partial charge in [-0.15, -0.1) is 0 Å². The van der Waals surface area contributed by atoms with Crippen molar-refractivity contribution in [1.82, 2.24) is 4.98 Å². The topological polar surface area (TPSA) is 53.2 Å². The van der Waals surface area contributed by atoms with E-state index in [0.29, 0.717) is 18.7 Å². The number of H-pyrrole nitrogens is 1. The predicted molar refractivity (Wildman–Crippen MR) is 56.7 cm³/mol. The van der Waals surface area contributed by atoms with Crippen LogP contribution in [0.15, 0.2) is 23.3 Å². The molecule has 0 aromatic carbocycles. The number of hydrogen-bond acceptors (Lipinski definition) is 2. The van der Waals surface area contributed by atoms with Crippen LogP contribution in [0.25, 0.3) is 0 Å². The molecule has 1 saturated heterocycles. The van der Waals surface area contributed by atoms with E-state index >= 15 is 0 Å². The van der Waals surface area contributed by atoms with Gasteiger partial charge in [-0.05, 0) is 0 Å². The molecule has 1 aromatic rings. The fourth-order valence-electron chi connectivity index (χ4n) is 1.52. The van der Waals surface area contributed by atoms with Crippen molar-refractivity contribution in [3.63, 3.8) is 0 Å². The van der Waals surface area contributed by atoms with Crippen molar-refractivity contribution in [3.05, 3.63) is 28.7 Å². The molecule has 0 bridgehead atoms. The first-order valence-corrected chi connectivity index (χ1v) is 5.21. The van der Waals surface area contributed by atoms with Gasteiger partial charge in [0.2, 0.25) is 11.3 Å². The number of anilines is 1. The minimum atomic E-state index is -0.126. The molecule has 1 aliphatic heterocycles. The second-order valence-corrected chi connectivity index (χ2v) is 4.49. The van der Waals surface area contributed by atoms with Crippen LogP contribution in [0, 0.1) is 0 Å². The zero-order valence-electron chi connectivity index (χ0n) is 7.37. The van der Waals surface area contributed by atoms with Gasteiger partial charge in [0.1, 0.15) is 5.69 Å². The van der Waals surface area contributed by atoms with Crippen LogP contribution in [0.4, 0.5) is 5.69 Å². The maximum atomic E-state index is 11.5. The molecule has 2 rings (SSSR count). The van der Waals surface area contributed by atoms with E-state index in [-0.39, 0.29) is 16.2 Å². The molecular formula is C9H9BrN2O2. The average molecular weight is 257 g/mol. The van der Waals surface area contributed by atoms with E-state index in [1.165, 1.54) is 11.0 Å². The highest BCUT2D eigenvalue weighted by molar-refractivity contribution is 9.09. The first kappa shape index (κ1) is 9.45. The number of halogens is 1. The Hall–Kier alpha value is -1.10. The quantitative estimate of drug-likeness (QED) is 0.759. The molecule has 1 amide bonds. The van der Waals surface area contributed by atoms with Crippen LogP contribution >= 0.6 is 15.9 Å². The number of amides is 1. The molecule has 1 fully saturated rings. The van der Waals surface area contributed by atoms with Gasteiger partial charge < -0.3 is 9.88 Å². The molecule has 14 heavy (non-hydrogen) atoms. The van der Waals surface area contributed by atoms with Gasteiger partial charge in [-0.2, -0.15) is 0 Å². The normalized spacial score (nSPS) is 21.6. The molecule has 1 aromatic heterocycles. The van der Waals surface area contributed by atoms with Gasteiger partial charge in [0.25, 0.3) is 0 Å². The molecule has 0 saturated carbocycles. The molecule has 5 heteroatoms. The lowest BCUT2D eigenvalue weighted by atomic mass is 10.3. The van der Waals surface area contributed by atoms with Crippen LogP contribution in [0.3, 0.4) is 0 Å². The molecule has 1 aliphatic rings. The van der Waals surface area contributed by atoms with Crippen molar-refractivity contribution >= 4 is 27.5 Å². The number of aromatic nitrogens is 1. The lowest BCUT2D eigenvalue weighted by Gasteiger charge is -2.13. The molecule has 2 heterocycles. The summed E-state index contributed by atoms with van der Waals surface area (Å²) in [6, 6.07) is 1.42. The Balaban J connectivity index is 2.37. The molecule has 74 valence electrons. The van der Waals surface area contributed by atoms with Crippen LogP contribution in [0.5, 0.6) is 0 Å². The molecule has 0 radical (unpaired) electrons. The molecule has 4 nitrogen and oxygen atoms in total. The van der Waals surface area contributed by atoms with Gasteiger partial charge in [0, 0.05) is 36.3 Å². The summed E-state index contributed by atoms with van der Waals surface area (Å²) in [5.74, 6) is -0.0106. The van der Waals surface area contributed by atoms with Gasteiger partial charge in [0.15, 0.2) is 0 Å². The summed E-state index contributed by atoms with van der Waals surface area (Å²) >= 11 is 3.37. The van der Waals surface area contributed by atoms with Crippen LogP contribution < -0.4 is 10.3 Å². The first-order valence-electron chi connectivity index (χ1n) is 4.30. The summed E-state index contributed by atoms with van der Waals surface area (Å²) in [4.78, 5) is 27.4. The van der Waals surface area contributed by atoms with Gasteiger partial charge in [-0.25, -0.2) is 0 Å². The highest BCUT2D eigenvalue weighted by Gasteiger charge is 2.29. The number of rotatable bonds is 1. The van der Waals surface area contributed by atoms with E-state index in [1.807, 2.05) is 0 Å². The number of alkyl halides is 1. The van der Waals surface area contributed by atoms with Gasteiger partial charge >= 0.3 is 0 Å². The van der Waals surface area contributed by atoms with Crippen molar-refractivity contribution in [2.24, 2.45) is 0 Å². The van der Waals surface area contributed by atoms with Gasteiger partial charge in [0.05, 0.1) is 0 Å². The summed E-state index contributed by atoms with van der Waals surface area (Å²) in [6.07, 6.45) is 3.57. The second-order valence-electron chi connectivity index (χ2n) is 3.20. The van der Waals surface area contributed by atoms with Gasteiger partial charge in [-0.3, -0.25) is 9.59 Å². The molecular weight excluding hydrogens is 248 g/mol. The summed E-state index contributed by atoms with van der Waals surface area (Å²) in [6.45, 7) is 0.561. The minimum absolute atomic E-state index is 0.0106. The average Bonchev–Trinajstić information content (AvgIpc) is 2.46. The molecule has 1 unspecified atom stereocenters. The summed E-state index contributed by atoms with van der Waals surface area (Å²) in [5.41, 5.74) is 0.304. The Kier molecular flexibility index (Phi) is 2.41. The van der Waals surface area contributed by atoms with E-state index in [0.717, 1.165) is 0 Å². The lowest BCUT2D eigenvalue weighted by molar-refractivity contribution is -0.117. The first-order chi connectivity index (χ1) is 6.68. The largest absolute Gasteiger partial charge is 0.366 e. The number of carbonyl (C=O) groups is 1. The minimum Gasteiger partial charge on any atom is -0.366 e.